The van der Waals surface area contributed by atoms with Gasteiger partial charge in [-0.3, -0.25) is 4.79 Å². The minimum atomic E-state index is -0.603. The zero-order valence-corrected chi connectivity index (χ0v) is 10.3. The van der Waals surface area contributed by atoms with Crippen molar-refractivity contribution in [1.82, 2.24) is 9.97 Å². The van der Waals surface area contributed by atoms with Crippen molar-refractivity contribution in [2.45, 2.75) is 13.1 Å². The van der Waals surface area contributed by atoms with Crippen molar-refractivity contribution in [3.63, 3.8) is 0 Å². The number of nitrogens with zero attached hydrogens (tertiary/aromatic N) is 2. The molecule has 0 bridgehead atoms. The maximum absolute atomic E-state index is 11.2. The van der Waals surface area contributed by atoms with E-state index >= 15 is 0 Å². The van der Waals surface area contributed by atoms with Crippen molar-refractivity contribution >= 4 is 11.7 Å². The lowest BCUT2D eigenvalue weighted by atomic mass is 10.1. The van der Waals surface area contributed by atoms with E-state index in [4.69, 9.17) is 11.5 Å². The molecule has 0 fully saturated rings. The fourth-order valence-corrected chi connectivity index (χ4v) is 1.63. The second-order valence-corrected chi connectivity index (χ2v) is 3.99. The number of primary amides is 1. The van der Waals surface area contributed by atoms with Gasteiger partial charge >= 0.3 is 0 Å². The van der Waals surface area contributed by atoms with Gasteiger partial charge in [-0.1, -0.05) is 24.3 Å². The van der Waals surface area contributed by atoms with Gasteiger partial charge in [-0.05, 0) is 11.1 Å². The van der Waals surface area contributed by atoms with Gasteiger partial charge in [0.2, 0.25) is 0 Å². The number of nitrogens with one attached hydrogen (secondary N) is 1. The molecule has 0 radical (unpaired) electrons. The topological polar surface area (TPSA) is 107 Å². The van der Waals surface area contributed by atoms with Crippen LogP contribution in [0.5, 0.6) is 0 Å². The van der Waals surface area contributed by atoms with Crippen molar-refractivity contribution in [1.29, 1.82) is 0 Å². The standard InChI is InChI=1S/C13H15N5O/c14-7-9-1-3-10(4-2-9)8-18-13-11(12(15)19)16-5-6-17-13/h1-6H,7-8,14H2,(H2,15,19)(H,17,18). The number of hydrogen-bond donors (Lipinski definition) is 3. The number of rotatable bonds is 5. The number of anilines is 1. The van der Waals surface area contributed by atoms with Crippen LogP contribution in [0.4, 0.5) is 5.82 Å². The molecule has 1 heterocycles. The fraction of sp³-hybridized carbons (Fsp3) is 0.154. The summed E-state index contributed by atoms with van der Waals surface area (Å²) in [5.41, 5.74) is 13.0. The summed E-state index contributed by atoms with van der Waals surface area (Å²) in [5.74, 6) is -0.216. The van der Waals surface area contributed by atoms with Crippen LogP contribution in [0.3, 0.4) is 0 Å². The van der Waals surface area contributed by atoms with Crippen molar-refractivity contribution in [3.8, 4) is 0 Å². The number of aromatic nitrogens is 2. The Labute approximate surface area is 110 Å². The number of amides is 1. The van der Waals surface area contributed by atoms with Crippen LogP contribution < -0.4 is 16.8 Å². The molecule has 1 aromatic heterocycles. The predicted octanol–water partition coefficient (Wildman–Crippen LogP) is 0.646. The van der Waals surface area contributed by atoms with Crippen LogP contribution in [-0.4, -0.2) is 15.9 Å². The maximum Gasteiger partial charge on any atom is 0.271 e. The Morgan fingerprint density at radius 3 is 2.37 bits per heavy atom. The largest absolute Gasteiger partial charge is 0.364 e. The maximum atomic E-state index is 11.2. The normalized spacial score (nSPS) is 10.2. The first-order chi connectivity index (χ1) is 9.20. The Hall–Kier alpha value is -2.47. The molecule has 0 unspecified atom stereocenters. The summed E-state index contributed by atoms with van der Waals surface area (Å²) < 4.78 is 0. The zero-order valence-electron chi connectivity index (χ0n) is 10.3. The van der Waals surface area contributed by atoms with E-state index < -0.39 is 5.91 Å². The lowest BCUT2D eigenvalue weighted by Gasteiger charge is -2.08. The molecule has 98 valence electrons. The smallest absolute Gasteiger partial charge is 0.271 e. The molecule has 6 heteroatoms. The predicted molar refractivity (Wildman–Crippen MR) is 72.2 cm³/mol. The van der Waals surface area contributed by atoms with E-state index in [1.54, 1.807) is 0 Å². The quantitative estimate of drug-likeness (QED) is 0.729. The van der Waals surface area contributed by atoms with E-state index in [-0.39, 0.29) is 5.69 Å². The molecule has 0 aliphatic heterocycles. The number of nitrogens with two attached hydrogens (primary N) is 2. The van der Waals surface area contributed by atoms with Gasteiger partial charge in [0, 0.05) is 25.5 Å². The summed E-state index contributed by atoms with van der Waals surface area (Å²) in [4.78, 5) is 19.1. The average molecular weight is 257 g/mol. The highest BCUT2D eigenvalue weighted by Crippen LogP contribution is 2.10. The van der Waals surface area contributed by atoms with Crippen molar-refractivity contribution in [2.75, 3.05) is 5.32 Å². The number of carbonyl (C=O) groups is 1. The SMILES string of the molecule is NCc1ccc(CNc2nccnc2C(N)=O)cc1. The van der Waals surface area contributed by atoms with Gasteiger partial charge in [0.05, 0.1) is 0 Å². The van der Waals surface area contributed by atoms with Crippen LogP contribution in [0.15, 0.2) is 36.7 Å². The van der Waals surface area contributed by atoms with Crippen LogP contribution in [0.25, 0.3) is 0 Å². The average Bonchev–Trinajstić information content (AvgIpc) is 2.46. The van der Waals surface area contributed by atoms with Gasteiger partial charge in [-0.15, -0.1) is 0 Å². The third-order valence-corrected chi connectivity index (χ3v) is 2.65. The first kappa shape index (κ1) is 13.0. The molecule has 1 aromatic carbocycles. The molecule has 5 N–H and O–H groups in total. The fourth-order valence-electron chi connectivity index (χ4n) is 1.63. The van der Waals surface area contributed by atoms with Crippen molar-refractivity contribution in [2.24, 2.45) is 11.5 Å². The monoisotopic (exact) mass is 257 g/mol. The molecule has 0 aliphatic rings. The highest BCUT2D eigenvalue weighted by molar-refractivity contribution is 5.95. The summed E-state index contributed by atoms with van der Waals surface area (Å²) in [7, 11) is 0. The molecular weight excluding hydrogens is 242 g/mol. The number of hydrogen-bond acceptors (Lipinski definition) is 5. The summed E-state index contributed by atoms with van der Waals surface area (Å²) in [5, 5.41) is 3.04. The number of carbonyl (C=O) groups excluding carboxylic acids is 1. The minimum absolute atomic E-state index is 0.140. The van der Waals surface area contributed by atoms with E-state index in [0.717, 1.165) is 11.1 Å². The third kappa shape index (κ3) is 3.26. The molecule has 0 saturated heterocycles. The van der Waals surface area contributed by atoms with Crippen molar-refractivity contribution in [3.05, 3.63) is 53.5 Å². The highest BCUT2D eigenvalue weighted by atomic mass is 16.1. The summed E-state index contributed by atoms with van der Waals surface area (Å²) in [6, 6.07) is 7.86. The Kier molecular flexibility index (Phi) is 4.04. The first-order valence-corrected chi connectivity index (χ1v) is 5.83. The highest BCUT2D eigenvalue weighted by Gasteiger charge is 2.09. The second-order valence-electron chi connectivity index (χ2n) is 3.99. The molecule has 0 aliphatic carbocycles. The Morgan fingerprint density at radius 2 is 1.74 bits per heavy atom. The van der Waals surface area contributed by atoms with Crippen LogP contribution in [0.1, 0.15) is 21.6 Å². The first-order valence-electron chi connectivity index (χ1n) is 5.83. The lowest BCUT2D eigenvalue weighted by molar-refractivity contribution is 0.0996. The second kappa shape index (κ2) is 5.92. The molecule has 2 aromatic rings. The molecule has 0 atom stereocenters. The molecule has 1 amide bonds. The Bertz CT molecular complexity index is 568. The van der Waals surface area contributed by atoms with E-state index in [9.17, 15) is 4.79 Å². The summed E-state index contributed by atoms with van der Waals surface area (Å²) >= 11 is 0. The van der Waals surface area contributed by atoms with Crippen molar-refractivity contribution < 1.29 is 4.79 Å². The van der Waals surface area contributed by atoms with Gasteiger partial charge in [0.15, 0.2) is 11.5 Å². The Morgan fingerprint density at radius 1 is 1.11 bits per heavy atom. The van der Waals surface area contributed by atoms with Crippen LogP contribution in [0, 0.1) is 0 Å². The van der Waals surface area contributed by atoms with Gasteiger partial charge in [-0.25, -0.2) is 9.97 Å². The molecule has 2 rings (SSSR count). The molecule has 0 saturated carbocycles. The van der Waals surface area contributed by atoms with Gasteiger partial charge in [0.1, 0.15) is 0 Å². The third-order valence-electron chi connectivity index (χ3n) is 2.65. The molecule has 0 spiro atoms. The van der Waals surface area contributed by atoms with E-state index in [1.807, 2.05) is 24.3 Å². The molecule has 19 heavy (non-hydrogen) atoms. The molecular formula is C13H15N5O. The molecule has 6 nitrogen and oxygen atoms in total. The summed E-state index contributed by atoms with van der Waals surface area (Å²) in [6.45, 7) is 1.05. The van der Waals surface area contributed by atoms with Gasteiger partial charge in [-0.2, -0.15) is 0 Å². The Balaban J connectivity index is 2.07. The van der Waals surface area contributed by atoms with E-state index in [2.05, 4.69) is 15.3 Å². The lowest BCUT2D eigenvalue weighted by Crippen LogP contribution is -2.17. The summed E-state index contributed by atoms with van der Waals surface area (Å²) in [6.07, 6.45) is 2.94. The van der Waals surface area contributed by atoms with Crippen LogP contribution in [0.2, 0.25) is 0 Å². The van der Waals surface area contributed by atoms with Crippen LogP contribution in [-0.2, 0) is 13.1 Å². The van der Waals surface area contributed by atoms with Gasteiger partial charge < -0.3 is 16.8 Å². The number of benzene rings is 1. The van der Waals surface area contributed by atoms with E-state index in [0.29, 0.717) is 18.9 Å². The van der Waals surface area contributed by atoms with Gasteiger partial charge in [0.25, 0.3) is 5.91 Å². The minimum Gasteiger partial charge on any atom is -0.364 e. The zero-order chi connectivity index (χ0) is 13.7. The van der Waals surface area contributed by atoms with Crippen LogP contribution >= 0.6 is 0 Å². The van der Waals surface area contributed by atoms with E-state index in [1.165, 1.54) is 12.4 Å².